The van der Waals surface area contributed by atoms with Crippen molar-refractivity contribution in [2.75, 3.05) is 0 Å². The molecule has 0 bridgehead atoms. The van der Waals surface area contributed by atoms with E-state index in [0.29, 0.717) is 16.5 Å². The van der Waals surface area contributed by atoms with Crippen molar-refractivity contribution in [3.8, 4) is 0 Å². The maximum atomic E-state index is 13.3. The zero-order chi connectivity index (χ0) is 13.4. The average Bonchev–Trinajstić information content (AvgIpc) is 2.80. The van der Waals surface area contributed by atoms with Gasteiger partial charge in [-0.05, 0) is 52.9 Å². The highest BCUT2D eigenvalue weighted by atomic mass is 127. The summed E-state index contributed by atoms with van der Waals surface area (Å²) in [5, 5.41) is 0.615. The molecule has 1 N–H and O–H groups in total. The summed E-state index contributed by atoms with van der Waals surface area (Å²) < 4.78 is 14.3. The van der Waals surface area contributed by atoms with E-state index in [9.17, 15) is 9.18 Å². The maximum Gasteiger partial charge on any atom is 0.195 e. The Labute approximate surface area is 122 Å². The van der Waals surface area contributed by atoms with Crippen molar-refractivity contribution in [2.45, 2.75) is 0 Å². The van der Waals surface area contributed by atoms with Gasteiger partial charge in [0, 0.05) is 31.8 Å². The van der Waals surface area contributed by atoms with Gasteiger partial charge in [0.25, 0.3) is 0 Å². The molecular formula is C15H9FINO. The standard InChI is InChI=1S/C15H9FINO/c16-10-4-5-14-12(7-10)13(8-18-14)15(19)9-2-1-3-11(17)6-9/h1-8,18H. The summed E-state index contributed by atoms with van der Waals surface area (Å²) in [6, 6.07) is 11.7. The van der Waals surface area contributed by atoms with Crippen LogP contribution in [0.4, 0.5) is 4.39 Å². The van der Waals surface area contributed by atoms with Gasteiger partial charge in [-0.25, -0.2) is 4.39 Å². The van der Waals surface area contributed by atoms with Crippen LogP contribution in [0.25, 0.3) is 10.9 Å². The first-order valence-corrected chi connectivity index (χ1v) is 6.80. The van der Waals surface area contributed by atoms with Gasteiger partial charge >= 0.3 is 0 Å². The monoisotopic (exact) mass is 365 g/mol. The van der Waals surface area contributed by atoms with Crippen molar-refractivity contribution in [1.29, 1.82) is 0 Å². The van der Waals surface area contributed by atoms with Crippen molar-refractivity contribution in [2.24, 2.45) is 0 Å². The fourth-order valence-electron chi connectivity index (χ4n) is 2.07. The van der Waals surface area contributed by atoms with Gasteiger partial charge < -0.3 is 4.98 Å². The zero-order valence-corrected chi connectivity index (χ0v) is 11.9. The predicted molar refractivity (Wildman–Crippen MR) is 80.8 cm³/mol. The Morgan fingerprint density at radius 1 is 1.16 bits per heavy atom. The normalized spacial score (nSPS) is 10.8. The summed E-state index contributed by atoms with van der Waals surface area (Å²) in [4.78, 5) is 15.4. The number of nitrogens with one attached hydrogen (secondary N) is 1. The number of fused-ring (bicyclic) bond motifs is 1. The number of ketones is 1. The Kier molecular flexibility index (Phi) is 3.10. The fraction of sp³-hybridized carbons (Fsp3) is 0. The van der Waals surface area contributed by atoms with E-state index in [4.69, 9.17) is 0 Å². The average molecular weight is 365 g/mol. The van der Waals surface area contributed by atoms with E-state index in [0.717, 1.165) is 9.09 Å². The number of H-pyrrole nitrogens is 1. The highest BCUT2D eigenvalue weighted by Crippen LogP contribution is 2.22. The molecule has 2 nitrogen and oxygen atoms in total. The smallest absolute Gasteiger partial charge is 0.195 e. The molecule has 0 unspecified atom stereocenters. The number of hydrogen-bond donors (Lipinski definition) is 1. The van der Waals surface area contributed by atoms with E-state index >= 15 is 0 Å². The molecule has 0 saturated carbocycles. The quantitative estimate of drug-likeness (QED) is 0.537. The second kappa shape index (κ2) is 4.77. The summed E-state index contributed by atoms with van der Waals surface area (Å²) in [5.41, 5.74) is 1.86. The molecular weight excluding hydrogens is 356 g/mol. The van der Waals surface area contributed by atoms with Gasteiger partial charge in [0.05, 0.1) is 0 Å². The van der Waals surface area contributed by atoms with Crippen LogP contribution in [0.2, 0.25) is 0 Å². The lowest BCUT2D eigenvalue weighted by atomic mass is 10.0. The Morgan fingerprint density at radius 2 is 2.00 bits per heavy atom. The SMILES string of the molecule is O=C(c1cccc(I)c1)c1c[nH]c2ccc(F)cc12. The molecule has 0 spiro atoms. The highest BCUT2D eigenvalue weighted by molar-refractivity contribution is 14.1. The van der Waals surface area contributed by atoms with E-state index in [-0.39, 0.29) is 11.6 Å². The molecule has 1 heterocycles. The number of benzene rings is 2. The molecule has 3 rings (SSSR count). The number of carbonyl (C=O) groups is 1. The van der Waals surface area contributed by atoms with E-state index in [1.54, 1.807) is 18.3 Å². The molecule has 0 amide bonds. The van der Waals surface area contributed by atoms with E-state index < -0.39 is 0 Å². The number of hydrogen-bond acceptors (Lipinski definition) is 1. The minimum atomic E-state index is -0.344. The third-order valence-electron chi connectivity index (χ3n) is 2.98. The molecule has 0 saturated heterocycles. The summed E-state index contributed by atoms with van der Waals surface area (Å²) in [7, 11) is 0. The zero-order valence-electron chi connectivity index (χ0n) is 9.78. The second-order valence-electron chi connectivity index (χ2n) is 4.23. The minimum Gasteiger partial charge on any atom is -0.360 e. The van der Waals surface area contributed by atoms with Crippen molar-refractivity contribution in [1.82, 2.24) is 4.98 Å². The van der Waals surface area contributed by atoms with E-state index in [1.807, 2.05) is 18.2 Å². The van der Waals surface area contributed by atoms with Crippen molar-refractivity contribution >= 4 is 39.3 Å². The molecule has 0 aliphatic carbocycles. The molecule has 0 aliphatic rings. The number of aromatic nitrogens is 1. The Balaban J connectivity index is 2.14. The van der Waals surface area contributed by atoms with Crippen LogP contribution < -0.4 is 0 Å². The summed E-state index contributed by atoms with van der Waals surface area (Å²) in [6.07, 6.45) is 1.63. The summed E-state index contributed by atoms with van der Waals surface area (Å²) in [5.74, 6) is -0.445. The summed E-state index contributed by atoms with van der Waals surface area (Å²) in [6.45, 7) is 0. The maximum absolute atomic E-state index is 13.3. The Hall–Kier alpha value is -1.69. The fourth-order valence-corrected chi connectivity index (χ4v) is 2.61. The van der Waals surface area contributed by atoms with Crippen LogP contribution in [0.1, 0.15) is 15.9 Å². The molecule has 0 aliphatic heterocycles. The van der Waals surface area contributed by atoms with Crippen LogP contribution in [0.5, 0.6) is 0 Å². The topological polar surface area (TPSA) is 32.9 Å². The number of halogens is 2. The molecule has 19 heavy (non-hydrogen) atoms. The minimum absolute atomic E-state index is 0.102. The molecule has 0 radical (unpaired) electrons. The van der Waals surface area contributed by atoms with Gasteiger partial charge in [-0.3, -0.25) is 4.79 Å². The first-order chi connectivity index (χ1) is 9.15. The molecule has 0 fully saturated rings. The third-order valence-corrected chi connectivity index (χ3v) is 3.65. The van der Waals surface area contributed by atoms with Gasteiger partial charge in [-0.2, -0.15) is 0 Å². The largest absolute Gasteiger partial charge is 0.360 e. The number of carbonyl (C=O) groups excluding carboxylic acids is 1. The van der Waals surface area contributed by atoms with Crippen molar-refractivity contribution in [3.63, 3.8) is 0 Å². The highest BCUT2D eigenvalue weighted by Gasteiger charge is 2.14. The van der Waals surface area contributed by atoms with Crippen LogP contribution >= 0.6 is 22.6 Å². The van der Waals surface area contributed by atoms with Crippen LogP contribution in [-0.4, -0.2) is 10.8 Å². The first kappa shape index (κ1) is 12.3. The molecule has 94 valence electrons. The van der Waals surface area contributed by atoms with E-state index in [2.05, 4.69) is 27.6 Å². The van der Waals surface area contributed by atoms with Crippen LogP contribution in [0.3, 0.4) is 0 Å². The van der Waals surface area contributed by atoms with Gasteiger partial charge in [0.15, 0.2) is 5.78 Å². The lowest BCUT2D eigenvalue weighted by molar-refractivity contribution is 0.104. The van der Waals surface area contributed by atoms with Gasteiger partial charge in [-0.1, -0.05) is 12.1 Å². The third kappa shape index (κ3) is 2.28. The number of rotatable bonds is 2. The molecule has 0 atom stereocenters. The molecule has 2 aromatic carbocycles. The first-order valence-electron chi connectivity index (χ1n) is 5.72. The molecule has 4 heteroatoms. The van der Waals surface area contributed by atoms with Crippen LogP contribution in [0, 0.1) is 9.39 Å². The number of aromatic amines is 1. The second-order valence-corrected chi connectivity index (χ2v) is 5.48. The Morgan fingerprint density at radius 3 is 2.79 bits per heavy atom. The van der Waals surface area contributed by atoms with Crippen molar-refractivity contribution < 1.29 is 9.18 Å². The van der Waals surface area contributed by atoms with Gasteiger partial charge in [0.2, 0.25) is 0 Å². The van der Waals surface area contributed by atoms with Gasteiger partial charge in [0.1, 0.15) is 5.82 Å². The lowest BCUT2D eigenvalue weighted by Gasteiger charge is -2.00. The molecule has 1 aromatic heterocycles. The van der Waals surface area contributed by atoms with Crippen LogP contribution in [-0.2, 0) is 0 Å². The lowest BCUT2D eigenvalue weighted by Crippen LogP contribution is -2.00. The van der Waals surface area contributed by atoms with Crippen molar-refractivity contribution in [3.05, 3.63) is 69.2 Å². The Bertz CT molecular complexity index is 779. The van der Waals surface area contributed by atoms with Gasteiger partial charge in [-0.15, -0.1) is 0 Å². The van der Waals surface area contributed by atoms with Crippen LogP contribution in [0.15, 0.2) is 48.7 Å². The van der Waals surface area contributed by atoms with E-state index in [1.165, 1.54) is 12.1 Å². The predicted octanol–water partition coefficient (Wildman–Crippen LogP) is 4.14. The molecule has 3 aromatic rings. The summed E-state index contributed by atoms with van der Waals surface area (Å²) >= 11 is 2.16.